The van der Waals surface area contributed by atoms with E-state index in [1.807, 2.05) is 24.3 Å². The molecule has 2 aromatic carbocycles. The van der Waals surface area contributed by atoms with Gasteiger partial charge in [-0.3, -0.25) is 5.84 Å². The Bertz CT molecular complexity index is 724. The van der Waals surface area contributed by atoms with E-state index in [0.29, 0.717) is 0 Å². The predicted octanol–water partition coefficient (Wildman–Crippen LogP) is 4.33. The highest BCUT2D eigenvalue weighted by Crippen LogP contribution is 2.30. The fourth-order valence-corrected chi connectivity index (χ4v) is 2.95. The van der Waals surface area contributed by atoms with Crippen LogP contribution in [-0.4, -0.2) is 0 Å². The van der Waals surface area contributed by atoms with Gasteiger partial charge in [-0.2, -0.15) is 0 Å². The van der Waals surface area contributed by atoms with Crippen LogP contribution in [0.5, 0.6) is 0 Å². The van der Waals surface area contributed by atoms with E-state index in [1.54, 1.807) is 0 Å². The predicted molar refractivity (Wildman–Crippen MR) is 88.7 cm³/mol. The number of nitrogens with one attached hydrogen (secondary N) is 1. The van der Waals surface area contributed by atoms with Gasteiger partial charge in [-0.05, 0) is 46.5 Å². The van der Waals surface area contributed by atoms with Crippen LogP contribution >= 0.6 is 15.9 Å². The summed E-state index contributed by atoms with van der Waals surface area (Å²) in [6.07, 6.45) is 1.84. The minimum Gasteiger partial charge on any atom is -0.458 e. The van der Waals surface area contributed by atoms with Gasteiger partial charge in [0.25, 0.3) is 0 Å². The quantitative estimate of drug-likeness (QED) is 0.534. The van der Waals surface area contributed by atoms with E-state index in [1.165, 1.54) is 5.56 Å². The number of nitrogens with two attached hydrogens (primary N) is 1. The standard InChI is InChI=1S/C17H17BrN2O/c18-14-8-4-7-13-11-16(21-17(13)14)15(20-19)10-9-12-5-2-1-3-6-12/h1-8,11,15,20H,9-10,19H2. The molecule has 3 aromatic rings. The monoisotopic (exact) mass is 344 g/mol. The van der Waals surface area contributed by atoms with Gasteiger partial charge in [-0.15, -0.1) is 0 Å². The van der Waals surface area contributed by atoms with Gasteiger partial charge in [0.1, 0.15) is 11.3 Å². The van der Waals surface area contributed by atoms with Crippen LogP contribution in [0.3, 0.4) is 0 Å². The van der Waals surface area contributed by atoms with Crippen molar-refractivity contribution in [1.29, 1.82) is 0 Å². The Morgan fingerprint density at radius 2 is 1.90 bits per heavy atom. The van der Waals surface area contributed by atoms with Crippen LogP contribution in [0, 0.1) is 0 Å². The second-order valence-corrected chi connectivity index (χ2v) is 5.90. The lowest BCUT2D eigenvalue weighted by Crippen LogP contribution is -2.28. The summed E-state index contributed by atoms with van der Waals surface area (Å²) < 4.78 is 6.91. The maximum absolute atomic E-state index is 5.95. The smallest absolute Gasteiger partial charge is 0.148 e. The van der Waals surface area contributed by atoms with E-state index < -0.39 is 0 Å². The molecule has 0 radical (unpaired) electrons. The van der Waals surface area contributed by atoms with Crippen LogP contribution in [0.25, 0.3) is 11.0 Å². The normalized spacial score (nSPS) is 12.7. The molecule has 0 aliphatic heterocycles. The number of fused-ring (bicyclic) bond motifs is 1. The zero-order valence-corrected chi connectivity index (χ0v) is 13.1. The average Bonchev–Trinajstić information content (AvgIpc) is 2.94. The van der Waals surface area contributed by atoms with Crippen molar-refractivity contribution in [3.8, 4) is 0 Å². The topological polar surface area (TPSA) is 51.2 Å². The summed E-state index contributed by atoms with van der Waals surface area (Å²) in [5, 5.41) is 1.08. The number of aryl methyl sites for hydroxylation is 1. The summed E-state index contributed by atoms with van der Waals surface area (Å²) in [4.78, 5) is 0. The number of benzene rings is 2. The second-order valence-electron chi connectivity index (χ2n) is 5.05. The summed E-state index contributed by atoms with van der Waals surface area (Å²) in [6, 6.07) is 18.5. The van der Waals surface area contributed by atoms with Crippen LogP contribution < -0.4 is 11.3 Å². The first-order chi connectivity index (χ1) is 10.3. The number of halogens is 1. The Labute approximate surface area is 132 Å². The maximum atomic E-state index is 5.95. The van der Waals surface area contributed by atoms with Crippen LogP contribution in [0.4, 0.5) is 0 Å². The largest absolute Gasteiger partial charge is 0.458 e. The van der Waals surface area contributed by atoms with Crippen molar-refractivity contribution in [2.45, 2.75) is 18.9 Å². The van der Waals surface area contributed by atoms with Gasteiger partial charge in [-0.25, -0.2) is 5.43 Å². The van der Waals surface area contributed by atoms with Crippen molar-refractivity contribution in [3.63, 3.8) is 0 Å². The zero-order chi connectivity index (χ0) is 14.7. The molecule has 1 atom stereocenters. The minimum atomic E-state index is 0.00417. The number of hydrogen-bond donors (Lipinski definition) is 2. The molecule has 0 aliphatic carbocycles. The van der Waals surface area contributed by atoms with Crippen molar-refractivity contribution in [1.82, 2.24) is 5.43 Å². The van der Waals surface area contributed by atoms with Gasteiger partial charge >= 0.3 is 0 Å². The summed E-state index contributed by atoms with van der Waals surface area (Å²) in [5.41, 5.74) is 5.03. The van der Waals surface area contributed by atoms with E-state index in [0.717, 1.165) is 34.0 Å². The van der Waals surface area contributed by atoms with Crippen molar-refractivity contribution < 1.29 is 4.42 Å². The molecule has 3 nitrogen and oxygen atoms in total. The lowest BCUT2D eigenvalue weighted by atomic mass is 10.0. The first-order valence-corrected chi connectivity index (χ1v) is 7.75. The maximum Gasteiger partial charge on any atom is 0.148 e. The third-order valence-corrected chi connectivity index (χ3v) is 4.25. The van der Waals surface area contributed by atoms with Gasteiger partial charge in [0, 0.05) is 5.39 Å². The average molecular weight is 345 g/mol. The van der Waals surface area contributed by atoms with Gasteiger partial charge in [-0.1, -0.05) is 42.5 Å². The third-order valence-electron chi connectivity index (χ3n) is 3.62. The number of rotatable bonds is 5. The number of para-hydroxylation sites is 1. The highest BCUT2D eigenvalue weighted by molar-refractivity contribution is 9.10. The van der Waals surface area contributed by atoms with Crippen LogP contribution in [-0.2, 0) is 6.42 Å². The molecule has 0 spiro atoms. The van der Waals surface area contributed by atoms with Gasteiger partial charge in [0.15, 0.2) is 0 Å². The number of furan rings is 1. The Morgan fingerprint density at radius 3 is 2.62 bits per heavy atom. The number of hydrogen-bond acceptors (Lipinski definition) is 3. The fourth-order valence-electron chi connectivity index (χ4n) is 2.48. The van der Waals surface area contributed by atoms with Crippen molar-refractivity contribution in [2.24, 2.45) is 5.84 Å². The van der Waals surface area contributed by atoms with E-state index in [4.69, 9.17) is 10.3 Å². The molecule has 0 saturated heterocycles. The fraction of sp³-hybridized carbons (Fsp3) is 0.176. The van der Waals surface area contributed by atoms with Gasteiger partial charge in [0.05, 0.1) is 10.5 Å². The lowest BCUT2D eigenvalue weighted by Gasteiger charge is -2.13. The second kappa shape index (κ2) is 6.43. The Morgan fingerprint density at radius 1 is 1.10 bits per heavy atom. The first-order valence-electron chi connectivity index (χ1n) is 6.96. The first kappa shape index (κ1) is 14.3. The molecule has 0 amide bonds. The molecular weight excluding hydrogens is 328 g/mol. The lowest BCUT2D eigenvalue weighted by molar-refractivity contribution is 0.416. The van der Waals surface area contributed by atoms with E-state index >= 15 is 0 Å². The van der Waals surface area contributed by atoms with Crippen molar-refractivity contribution in [3.05, 3.63) is 70.4 Å². The van der Waals surface area contributed by atoms with Crippen molar-refractivity contribution in [2.75, 3.05) is 0 Å². The molecule has 4 heteroatoms. The molecule has 0 bridgehead atoms. The van der Waals surface area contributed by atoms with E-state index in [-0.39, 0.29) is 6.04 Å². The van der Waals surface area contributed by atoms with Crippen LogP contribution in [0.15, 0.2) is 63.5 Å². The molecular formula is C17H17BrN2O. The summed E-state index contributed by atoms with van der Waals surface area (Å²) in [5.74, 6) is 6.58. The highest BCUT2D eigenvalue weighted by Gasteiger charge is 2.16. The number of hydrazine groups is 1. The Hall–Kier alpha value is -1.62. The van der Waals surface area contributed by atoms with Crippen LogP contribution in [0.2, 0.25) is 0 Å². The summed E-state index contributed by atoms with van der Waals surface area (Å²) in [7, 11) is 0. The molecule has 3 N–H and O–H groups in total. The summed E-state index contributed by atoms with van der Waals surface area (Å²) in [6.45, 7) is 0. The summed E-state index contributed by atoms with van der Waals surface area (Å²) >= 11 is 3.51. The third kappa shape index (κ3) is 3.18. The Balaban J connectivity index is 1.80. The highest BCUT2D eigenvalue weighted by atomic mass is 79.9. The molecule has 3 rings (SSSR count). The molecule has 0 saturated carbocycles. The minimum absolute atomic E-state index is 0.00417. The van der Waals surface area contributed by atoms with Gasteiger partial charge < -0.3 is 4.42 Å². The van der Waals surface area contributed by atoms with E-state index in [2.05, 4.69) is 51.7 Å². The molecule has 108 valence electrons. The van der Waals surface area contributed by atoms with Crippen molar-refractivity contribution >= 4 is 26.9 Å². The molecule has 21 heavy (non-hydrogen) atoms. The molecule has 0 fully saturated rings. The molecule has 1 unspecified atom stereocenters. The molecule has 0 aliphatic rings. The molecule has 1 aromatic heterocycles. The SMILES string of the molecule is NNC(CCc1ccccc1)c1cc2cccc(Br)c2o1. The van der Waals surface area contributed by atoms with E-state index in [9.17, 15) is 0 Å². The van der Waals surface area contributed by atoms with Gasteiger partial charge in [0.2, 0.25) is 0 Å². The molecule has 1 heterocycles. The van der Waals surface area contributed by atoms with Crippen LogP contribution in [0.1, 0.15) is 23.8 Å². The zero-order valence-electron chi connectivity index (χ0n) is 11.6. The Kier molecular flexibility index (Phi) is 4.39.